The van der Waals surface area contributed by atoms with Crippen LogP contribution in [0.25, 0.3) is 0 Å². The van der Waals surface area contributed by atoms with E-state index < -0.39 is 24.0 Å². The third-order valence-electron chi connectivity index (χ3n) is 2.05. The van der Waals surface area contributed by atoms with Crippen molar-refractivity contribution in [3.8, 4) is 0 Å². The van der Waals surface area contributed by atoms with Crippen LogP contribution in [0.2, 0.25) is 0 Å². The summed E-state index contributed by atoms with van der Waals surface area (Å²) in [5.41, 5.74) is 0.506. The molecule has 2 atom stereocenters. The van der Waals surface area contributed by atoms with Crippen LogP contribution in [0.5, 0.6) is 0 Å². The highest BCUT2D eigenvalue weighted by Crippen LogP contribution is 2.27. The van der Waals surface area contributed by atoms with E-state index in [2.05, 4.69) is 4.74 Å². The highest BCUT2D eigenvalue weighted by molar-refractivity contribution is 6.09. The molecule has 1 aromatic rings. The standard InChI is InChI=1S/C10H7FO3/c11-7-8(12)9(14-10(7)13)6-4-2-1-3-5-6/h1-5,7,9H. The minimum atomic E-state index is -2.12. The zero-order valence-electron chi connectivity index (χ0n) is 7.14. The van der Waals surface area contributed by atoms with Gasteiger partial charge < -0.3 is 4.74 Å². The SMILES string of the molecule is O=C1OC(c2ccccc2)C(=O)C1F. The molecule has 0 bridgehead atoms. The second-order valence-electron chi connectivity index (χ2n) is 2.99. The van der Waals surface area contributed by atoms with E-state index in [4.69, 9.17) is 0 Å². The summed E-state index contributed by atoms with van der Waals surface area (Å²) in [4.78, 5) is 21.9. The zero-order chi connectivity index (χ0) is 10.1. The molecule has 0 radical (unpaired) electrons. The van der Waals surface area contributed by atoms with Crippen molar-refractivity contribution in [2.75, 3.05) is 0 Å². The van der Waals surface area contributed by atoms with Gasteiger partial charge in [-0.3, -0.25) is 4.79 Å². The molecular formula is C10H7FO3. The summed E-state index contributed by atoms with van der Waals surface area (Å²) in [6.45, 7) is 0. The van der Waals surface area contributed by atoms with Gasteiger partial charge in [-0.1, -0.05) is 30.3 Å². The summed E-state index contributed by atoms with van der Waals surface area (Å²) in [7, 11) is 0. The molecule has 3 nitrogen and oxygen atoms in total. The van der Waals surface area contributed by atoms with Crippen LogP contribution in [0, 0.1) is 0 Å². The number of ketones is 1. The third kappa shape index (κ3) is 1.28. The predicted molar refractivity (Wildman–Crippen MR) is 45.2 cm³/mol. The number of hydrogen-bond donors (Lipinski definition) is 0. The molecule has 0 spiro atoms. The Balaban J connectivity index is 2.30. The number of Topliss-reactive ketones (excluding diaryl/α,β-unsaturated/α-hetero) is 1. The Labute approximate surface area is 79.5 Å². The minimum Gasteiger partial charge on any atom is -0.447 e. The van der Waals surface area contributed by atoms with Crippen molar-refractivity contribution in [3.05, 3.63) is 35.9 Å². The van der Waals surface area contributed by atoms with E-state index in [0.29, 0.717) is 5.56 Å². The normalized spacial score (nSPS) is 26.4. The van der Waals surface area contributed by atoms with Crippen molar-refractivity contribution in [2.45, 2.75) is 12.3 Å². The van der Waals surface area contributed by atoms with Crippen molar-refractivity contribution in [1.29, 1.82) is 0 Å². The van der Waals surface area contributed by atoms with Crippen molar-refractivity contribution in [3.63, 3.8) is 0 Å². The Morgan fingerprint density at radius 2 is 1.79 bits per heavy atom. The number of carbonyl (C=O) groups excluding carboxylic acids is 2. The molecule has 14 heavy (non-hydrogen) atoms. The molecule has 4 heteroatoms. The van der Waals surface area contributed by atoms with Gasteiger partial charge in [0.1, 0.15) is 0 Å². The lowest BCUT2D eigenvalue weighted by Crippen LogP contribution is -2.16. The van der Waals surface area contributed by atoms with E-state index >= 15 is 0 Å². The van der Waals surface area contributed by atoms with E-state index in [0.717, 1.165) is 0 Å². The maximum absolute atomic E-state index is 12.8. The van der Waals surface area contributed by atoms with Crippen LogP contribution >= 0.6 is 0 Å². The Kier molecular flexibility index (Phi) is 2.04. The second-order valence-corrected chi connectivity index (χ2v) is 2.99. The molecular weight excluding hydrogens is 187 g/mol. The number of rotatable bonds is 1. The molecule has 0 aromatic heterocycles. The summed E-state index contributed by atoms with van der Waals surface area (Å²) >= 11 is 0. The van der Waals surface area contributed by atoms with Gasteiger partial charge in [0.05, 0.1) is 0 Å². The first-order chi connectivity index (χ1) is 6.70. The zero-order valence-corrected chi connectivity index (χ0v) is 7.14. The fraction of sp³-hybridized carbons (Fsp3) is 0.200. The quantitative estimate of drug-likeness (QED) is 0.498. The molecule has 1 fully saturated rings. The van der Waals surface area contributed by atoms with E-state index in [1.165, 1.54) is 0 Å². The van der Waals surface area contributed by atoms with E-state index in [1.54, 1.807) is 30.3 Å². The maximum atomic E-state index is 12.8. The minimum absolute atomic E-state index is 0.506. The number of cyclic esters (lactones) is 1. The van der Waals surface area contributed by atoms with E-state index in [1.807, 2.05) is 0 Å². The van der Waals surface area contributed by atoms with Gasteiger partial charge in [0.15, 0.2) is 6.10 Å². The van der Waals surface area contributed by atoms with E-state index in [-0.39, 0.29) is 0 Å². The van der Waals surface area contributed by atoms with Gasteiger partial charge in [-0.25, -0.2) is 9.18 Å². The number of hydrogen-bond acceptors (Lipinski definition) is 3. The number of halogens is 1. The lowest BCUT2D eigenvalue weighted by molar-refractivity contribution is -0.145. The molecule has 1 aromatic carbocycles. The molecule has 2 unspecified atom stereocenters. The average molecular weight is 194 g/mol. The predicted octanol–water partition coefficient (Wildman–Crippen LogP) is 1.19. The summed E-state index contributed by atoms with van der Waals surface area (Å²) in [6.07, 6.45) is -3.20. The highest BCUT2D eigenvalue weighted by Gasteiger charge is 2.44. The number of alkyl halides is 1. The van der Waals surface area contributed by atoms with Gasteiger partial charge in [0, 0.05) is 5.56 Å². The van der Waals surface area contributed by atoms with Gasteiger partial charge in [-0.2, -0.15) is 0 Å². The lowest BCUT2D eigenvalue weighted by atomic mass is 10.1. The van der Waals surface area contributed by atoms with E-state index in [9.17, 15) is 14.0 Å². The maximum Gasteiger partial charge on any atom is 0.349 e. The molecule has 1 aliphatic rings. The monoisotopic (exact) mass is 194 g/mol. The molecule has 2 rings (SSSR count). The van der Waals surface area contributed by atoms with Crippen LogP contribution < -0.4 is 0 Å². The third-order valence-corrected chi connectivity index (χ3v) is 2.05. The van der Waals surface area contributed by atoms with Crippen LogP contribution in [0.3, 0.4) is 0 Å². The Bertz CT molecular complexity index is 374. The lowest BCUT2D eigenvalue weighted by Gasteiger charge is -2.06. The largest absolute Gasteiger partial charge is 0.447 e. The van der Waals surface area contributed by atoms with Crippen LogP contribution in [0.15, 0.2) is 30.3 Å². The number of ether oxygens (including phenoxy) is 1. The first kappa shape index (κ1) is 8.87. The first-order valence-corrected chi connectivity index (χ1v) is 4.13. The molecule has 1 heterocycles. The first-order valence-electron chi connectivity index (χ1n) is 4.13. The highest BCUT2D eigenvalue weighted by atomic mass is 19.1. The Morgan fingerprint density at radius 3 is 2.29 bits per heavy atom. The van der Waals surface area contributed by atoms with Crippen LogP contribution in [0.1, 0.15) is 11.7 Å². The average Bonchev–Trinajstić information content (AvgIpc) is 2.47. The summed E-state index contributed by atoms with van der Waals surface area (Å²) in [6, 6.07) is 8.39. The van der Waals surface area contributed by atoms with Crippen LogP contribution in [-0.2, 0) is 14.3 Å². The number of esters is 1. The molecule has 0 amide bonds. The van der Waals surface area contributed by atoms with Gasteiger partial charge >= 0.3 is 5.97 Å². The smallest absolute Gasteiger partial charge is 0.349 e. The molecule has 1 aliphatic heterocycles. The summed E-state index contributed by atoms with van der Waals surface area (Å²) < 4.78 is 17.4. The summed E-state index contributed by atoms with van der Waals surface area (Å²) in [5, 5.41) is 0. The van der Waals surface area contributed by atoms with Crippen LogP contribution in [-0.4, -0.2) is 17.9 Å². The van der Waals surface area contributed by atoms with Gasteiger partial charge in [0.25, 0.3) is 6.17 Å². The summed E-state index contributed by atoms with van der Waals surface area (Å²) in [5.74, 6) is -1.91. The topological polar surface area (TPSA) is 43.4 Å². The molecule has 0 saturated carbocycles. The van der Waals surface area contributed by atoms with Gasteiger partial charge in [0.2, 0.25) is 5.78 Å². The van der Waals surface area contributed by atoms with Crippen molar-refractivity contribution in [2.24, 2.45) is 0 Å². The molecule has 1 saturated heterocycles. The van der Waals surface area contributed by atoms with Gasteiger partial charge in [-0.15, -0.1) is 0 Å². The Morgan fingerprint density at radius 1 is 1.14 bits per heavy atom. The molecule has 72 valence electrons. The van der Waals surface area contributed by atoms with Crippen molar-refractivity contribution < 1.29 is 18.7 Å². The number of benzene rings is 1. The number of carbonyl (C=O) groups is 2. The molecule has 0 aliphatic carbocycles. The fourth-order valence-electron chi connectivity index (χ4n) is 1.34. The van der Waals surface area contributed by atoms with Crippen LogP contribution in [0.4, 0.5) is 4.39 Å². The van der Waals surface area contributed by atoms with Crippen molar-refractivity contribution >= 4 is 11.8 Å². The molecule has 0 N–H and O–H groups in total. The Hall–Kier alpha value is -1.71. The second kappa shape index (κ2) is 3.21. The fourth-order valence-corrected chi connectivity index (χ4v) is 1.34. The van der Waals surface area contributed by atoms with Crippen molar-refractivity contribution in [1.82, 2.24) is 0 Å². The van der Waals surface area contributed by atoms with Gasteiger partial charge in [-0.05, 0) is 0 Å².